The van der Waals surface area contributed by atoms with E-state index in [9.17, 15) is 4.79 Å². The van der Waals surface area contributed by atoms with Crippen molar-refractivity contribution in [3.8, 4) is 23.1 Å². The zero-order valence-electron chi connectivity index (χ0n) is 21.5. The van der Waals surface area contributed by atoms with Crippen LogP contribution in [-0.2, 0) is 6.61 Å². The van der Waals surface area contributed by atoms with E-state index in [1.165, 1.54) is 4.68 Å². The summed E-state index contributed by atoms with van der Waals surface area (Å²) in [6.07, 6.45) is 1.55. The topological polar surface area (TPSA) is 78.9 Å². The highest BCUT2D eigenvalue weighted by molar-refractivity contribution is 9.10. The number of benzene rings is 4. The van der Waals surface area contributed by atoms with E-state index in [1.54, 1.807) is 61.9 Å². The molecular formula is C31H20BrCl2N3O4. The molecule has 41 heavy (non-hydrogen) atoms. The van der Waals surface area contributed by atoms with Crippen LogP contribution >= 0.6 is 39.1 Å². The molecular weight excluding hydrogens is 629 g/mol. The van der Waals surface area contributed by atoms with E-state index in [4.69, 9.17) is 42.1 Å². The van der Waals surface area contributed by atoms with Crippen molar-refractivity contribution in [3.05, 3.63) is 121 Å². The van der Waals surface area contributed by atoms with Gasteiger partial charge < -0.3 is 13.9 Å². The molecule has 0 saturated carbocycles. The summed E-state index contributed by atoms with van der Waals surface area (Å²) >= 11 is 16.0. The third-order valence-electron chi connectivity index (χ3n) is 6.36. The molecule has 6 rings (SSSR count). The zero-order chi connectivity index (χ0) is 28.5. The van der Waals surface area contributed by atoms with Gasteiger partial charge in [-0.05, 0) is 76.1 Å². The standard InChI is InChI=1S/C31H20BrCl2N3O4/c1-39-27-13-18(12-23(32)29(27)40-17-19-6-2-4-8-24(19)34)16-35-37-30(36-25-9-5-3-7-22(25)31(37)38)28-15-20-14-21(33)10-11-26(20)41-28/h2-16H,17H2,1H3. The van der Waals surface area contributed by atoms with E-state index in [0.717, 1.165) is 10.9 Å². The van der Waals surface area contributed by atoms with Crippen LogP contribution in [0.4, 0.5) is 0 Å². The summed E-state index contributed by atoms with van der Waals surface area (Å²) in [5.74, 6) is 1.62. The van der Waals surface area contributed by atoms with Crippen molar-refractivity contribution in [2.45, 2.75) is 6.61 Å². The maximum atomic E-state index is 13.6. The number of hydrogen-bond acceptors (Lipinski definition) is 6. The average Bonchev–Trinajstić information content (AvgIpc) is 3.39. The summed E-state index contributed by atoms with van der Waals surface area (Å²) < 4.78 is 19.5. The summed E-state index contributed by atoms with van der Waals surface area (Å²) in [5.41, 5.74) is 2.30. The normalized spacial score (nSPS) is 11.5. The molecule has 2 heterocycles. The van der Waals surface area contributed by atoms with Gasteiger partial charge in [-0.25, -0.2) is 4.98 Å². The van der Waals surface area contributed by atoms with Gasteiger partial charge in [-0.3, -0.25) is 4.79 Å². The first-order valence-corrected chi connectivity index (χ1v) is 14.0. The monoisotopic (exact) mass is 647 g/mol. The molecule has 0 unspecified atom stereocenters. The summed E-state index contributed by atoms with van der Waals surface area (Å²) in [4.78, 5) is 18.3. The Morgan fingerprint density at radius 2 is 1.83 bits per heavy atom. The second-order valence-corrected chi connectivity index (χ2v) is 10.7. The first-order valence-electron chi connectivity index (χ1n) is 12.4. The smallest absolute Gasteiger partial charge is 0.282 e. The number of fused-ring (bicyclic) bond motifs is 2. The van der Waals surface area contributed by atoms with E-state index in [-0.39, 0.29) is 18.0 Å². The highest BCUT2D eigenvalue weighted by Gasteiger charge is 2.17. The molecule has 0 amide bonds. The second-order valence-electron chi connectivity index (χ2n) is 9.02. The maximum Gasteiger partial charge on any atom is 0.282 e. The largest absolute Gasteiger partial charge is 0.493 e. The Labute approximate surface area is 252 Å². The first-order chi connectivity index (χ1) is 19.9. The fourth-order valence-corrected chi connectivity index (χ4v) is 5.30. The summed E-state index contributed by atoms with van der Waals surface area (Å²) in [6.45, 7) is 0.256. The molecule has 10 heteroatoms. The minimum Gasteiger partial charge on any atom is -0.493 e. The van der Waals surface area contributed by atoms with Crippen molar-refractivity contribution < 1.29 is 13.9 Å². The molecule has 4 aromatic carbocycles. The molecule has 0 atom stereocenters. The van der Waals surface area contributed by atoms with Gasteiger partial charge in [0.2, 0.25) is 5.82 Å². The zero-order valence-corrected chi connectivity index (χ0v) is 24.6. The van der Waals surface area contributed by atoms with Gasteiger partial charge in [-0.1, -0.05) is 53.5 Å². The average molecular weight is 649 g/mol. The van der Waals surface area contributed by atoms with Crippen LogP contribution in [0.2, 0.25) is 10.0 Å². The van der Waals surface area contributed by atoms with E-state index in [2.05, 4.69) is 21.0 Å². The van der Waals surface area contributed by atoms with Crippen LogP contribution in [-0.4, -0.2) is 23.0 Å². The van der Waals surface area contributed by atoms with Gasteiger partial charge in [0.05, 0.1) is 28.7 Å². The molecule has 204 valence electrons. The third kappa shape index (κ3) is 5.46. The van der Waals surface area contributed by atoms with Crippen LogP contribution in [0.25, 0.3) is 33.5 Å². The van der Waals surface area contributed by atoms with Gasteiger partial charge in [0.15, 0.2) is 17.3 Å². The van der Waals surface area contributed by atoms with Crippen LogP contribution in [0.1, 0.15) is 11.1 Å². The van der Waals surface area contributed by atoms with Crippen molar-refractivity contribution in [3.63, 3.8) is 0 Å². The number of halogens is 3. The van der Waals surface area contributed by atoms with Crippen molar-refractivity contribution in [2.24, 2.45) is 5.10 Å². The van der Waals surface area contributed by atoms with Crippen LogP contribution in [0, 0.1) is 0 Å². The quantitative estimate of drug-likeness (QED) is 0.163. The van der Waals surface area contributed by atoms with E-state index in [0.29, 0.717) is 53.8 Å². The molecule has 0 bridgehead atoms. The maximum absolute atomic E-state index is 13.6. The van der Waals surface area contributed by atoms with Crippen molar-refractivity contribution >= 4 is 67.2 Å². The molecule has 0 radical (unpaired) electrons. The van der Waals surface area contributed by atoms with Gasteiger partial charge >= 0.3 is 0 Å². The molecule has 0 aliphatic heterocycles. The SMILES string of the molecule is COc1cc(C=Nn2c(-c3cc4cc(Cl)ccc4o3)nc3ccccc3c2=O)cc(Br)c1OCc1ccccc1Cl. The molecule has 7 nitrogen and oxygen atoms in total. The highest BCUT2D eigenvalue weighted by atomic mass is 79.9. The number of nitrogens with zero attached hydrogens (tertiary/aromatic N) is 3. The van der Waals surface area contributed by atoms with Gasteiger partial charge in [0.1, 0.15) is 12.2 Å². The van der Waals surface area contributed by atoms with Crippen molar-refractivity contribution in [1.29, 1.82) is 0 Å². The van der Waals surface area contributed by atoms with Crippen LogP contribution in [0.15, 0.2) is 104 Å². The Morgan fingerprint density at radius 3 is 2.66 bits per heavy atom. The first kappa shape index (κ1) is 27.1. The lowest BCUT2D eigenvalue weighted by atomic mass is 10.2. The van der Waals surface area contributed by atoms with Crippen molar-refractivity contribution in [1.82, 2.24) is 9.66 Å². The highest BCUT2D eigenvalue weighted by Crippen LogP contribution is 2.37. The number of hydrogen-bond donors (Lipinski definition) is 0. The summed E-state index contributed by atoms with van der Waals surface area (Å²) in [7, 11) is 1.55. The van der Waals surface area contributed by atoms with Gasteiger partial charge in [-0.15, -0.1) is 0 Å². The minimum absolute atomic E-state index is 0.253. The molecule has 0 aliphatic carbocycles. The molecule has 2 aromatic heterocycles. The van der Waals surface area contributed by atoms with Crippen LogP contribution < -0.4 is 15.0 Å². The van der Waals surface area contributed by atoms with E-state index >= 15 is 0 Å². The Balaban J connectivity index is 1.40. The predicted molar refractivity (Wildman–Crippen MR) is 166 cm³/mol. The van der Waals surface area contributed by atoms with E-state index in [1.807, 2.05) is 36.4 Å². The predicted octanol–water partition coefficient (Wildman–Crippen LogP) is 8.35. The number of para-hydroxylation sites is 1. The molecule has 6 aromatic rings. The van der Waals surface area contributed by atoms with Gasteiger partial charge in [-0.2, -0.15) is 9.78 Å². The number of methoxy groups -OCH3 is 1. The van der Waals surface area contributed by atoms with Gasteiger partial charge in [0.25, 0.3) is 5.56 Å². The van der Waals surface area contributed by atoms with Crippen molar-refractivity contribution in [2.75, 3.05) is 7.11 Å². The third-order valence-corrected chi connectivity index (χ3v) is 7.55. The Bertz CT molecular complexity index is 2020. The lowest BCUT2D eigenvalue weighted by Crippen LogP contribution is -2.20. The number of rotatable bonds is 7. The minimum atomic E-state index is -0.342. The molecule has 0 aliphatic rings. The van der Waals surface area contributed by atoms with Gasteiger partial charge in [0, 0.05) is 21.0 Å². The second kappa shape index (κ2) is 11.4. The molecule has 0 fully saturated rings. The Morgan fingerprint density at radius 1 is 1.02 bits per heavy atom. The lowest BCUT2D eigenvalue weighted by Gasteiger charge is -2.14. The van der Waals surface area contributed by atoms with E-state index < -0.39 is 0 Å². The number of furan rings is 1. The Hall–Kier alpha value is -4.11. The number of aromatic nitrogens is 2. The van der Waals surface area contributed by atoms with Crippen LogP contribution in [0.3, 0.4) is 0 Å². The fraction of sp³-hybridized carbons (Fsp3) is 0.0645. The number of ether oxygens (including phenoxy) is 2. The summed E-state index contributed by atoms with van der Waals surface area (Å²) in [6, 6.07) is 25.2. The molecule has 0 N–H and O–H groups in total. The lowest BCUT2D eigenvalue weighted by molar-refractivity contribution is 0.282. The Kier molecular flexibility index (Phi) is 7.53. The molecule has 0 spiro atoms. The molecule has 0 saturated heterocycles. The van der Waals surface area contributed by atoms with Crippen LogP contribution in [0.5, 0.6) is 11.5 Å². The fourth-order valence-electron chi connectivity index (χ4n) is 4.36. The summed E-state index contributed by atoms with van der Waals surface area (Å²) in [5, 5.41) is 6.94.